The fraction of sp³-hybridized carbons (Fsp3) is 0.273. The zero-order valence-electron chi connectivity index (χ0n) is 16.7. The van der Waals surface area contributed by atoms with Crippen LogP contribution in [0.5, 0.6) is 11.5 Å². The second-order valence-corrected chi connectivity index (χ2v) is 6.40. The van der Waals surface area contributed by atoms with Crippen molar-refractivity contribution in [2.45, 2.75) is 13.8 Å². The number of phenols is 1. The number of hydrogen-bond donors (Lipinski definition) is 1. The summed E-state index contributed by atoms with van der Waals surface area (Å²) in [6.07, 6.45) is 2.60. The van der Waals surface area contributed by atoms with E-state index in [-0.39, 0.29) is 22.8 Å². The Morgan fingerprint density at radius 1 is 1.04 bits per heavy atom. The van der Waals surface area contributed by atoms with Crippen LogP contribution in [-0.2, 0) is 0 Å². The minimum absolute atomic E-state index is 0.142. The molecule has 0 saturated carbocycles. The summed E-state index contributed by atoms with van der Waals surface area (Å²) in [6.45, 7) is 4.76. The third-order valence-corrected chi connectivity index (χ3v) is 4.30. The van der Waals surface area contributed by atoms with Gasteiger partial charge in [0.2, 0.25) is 0 Å². The molecule has 0 aliphatic heterocycles. The van der Waals surface area contributed by atoms with E-state index in [4.69, 9.17) is 4.74 Å². The number of carbonyl (C=O) groups is 2. The quantitative estimate of drug-likeness (QED) is 0.574. The molecule has 0 aliphatic rings. The van der Waals surface area contributed by atoms with Crippen molar-refractivity contribution in [2.75, 3.05) is 32.1 Å². The highest BCUT2D eigenvalue weighted by molar-refractivity contribution is 6.08. The molecule has 0 spiro atoms. The molecule has 1 amide bonds. The molecular weight excluding hydrogens is 356 g/mol. The van der Waals surface area contributed by atoms with Crippen LogP contribution in [0, 0.1) is 0 Å². The normalized spacial score (nSPS) is 10.7. The van der Waals surface area contributed by atoms with Crippen molar-refractivity contribution in [2.24, 2.45) is 0 Å². The Morgan fingerprint density at radius 2 is 1.68 bits per heavy atom. The van der Waals surface area contributed by atoms with Gasteiger partial charge in [-0.25, -0.2) is 4.79 Å². The molecule has 0 aromatic heterocycles. The van der Waals surface area contributed by atoms with E-state index in [1.807, 2.05) is 57.1 Å². The number of hydrogen-bond acceptors (Lipinski definition) is 5. The van der Waals surface area contributed by atoms with Gasteiger partial charge in [-0.1, -0.05) is 18.2 Å². The number of phenolic OH excluding ortho intramolecular Hbond substituents is 1. The van der Waals surface area contributed by atoms with E-state index in [0.29, 0.717) is 13.1 Å². The minimum Gasteiger partial charge on any atom is -0.507 e. The van der Waals surface area contributed by atoms with Gasteiger partial charge >= 0.3 is 6.09 Å². The predicted octanol–water partition coefficient (Wildman–Crippen LogP) is 4.19. The van der Waals surface area contributed by atoms with Gasteiger partial charge in [0.15, 0.2) is 5.78 Å². The molecule has 28 heavy (non-hydrogen) atoms. The molecule has 2 rings (SSSR count). The fourth-order valence-electron chi connectivity index (χ4n) is 2.58. The Hall–Kier alpha value is -3.28. The molecule has 6 nitrogen and oxygen atoms in total. The van der Waals surface area contributed by atoms with Crippen molar-refractivity contribution in [3.63, 3.8) is 0 Å². The highest BCUT2D eigenvalue weighted by Gasteiger charge is 2.14. The van der Waals surface area contributed by atoms with Crippen molar-refractivity contribution in [3.8, 4) is 11.5 Å². The van der Waals surface area contributed by atoms with E-state index in [2.05, 4.69) is 0 Å². The number of aromatic hydroxyl groups is 1. The van der Waals surface area contributed by atoms with Gasteiger partial charge in [0.1, 0.15) is 11.5 Å². The number of ether oxygens (including phenoxy) is 1. The van der Waals surface area contributed by atoms with Gasteiger partial charge in [-0.2, -0.15) is 0 Å². The zero-order chi connectivity index (χ0) is 20.7. The molecule has 6 heteroatoms. The van der Waals surface area contributed by atoms with Crippen LogP contribution in [0.4, 0.5) is 10.5 Å². The van der Waals surface area contributed by atoms with Gasteiger partial charge in [0.05, 0.1) is 5.56 Å². The van der Waals surface area contributed by atoms with Gasteiger partial charge in [-0.3, -0.25) is 4.79 Å². The lowest BCUT2D eigenvalue weighted by Crippen LogP contribution is -2.33. The summed E-state index contributed by atoms with van der Waals surface area (Å²) in [5.74, 6) is -0.382. The van der Waals surface area contributed by atoms with Crippen LogP contribution < -0.4 is 9.64 Å². The molecule has 0 atom stereocenters. The molecule has 0 radical (unpaired) electrons. The second-order valence-electron chi connectivity index (χ2n) is 6.40. The van der Waals surface area contributed by atoms with Crippen LogP contribution in [0.1, 0.15) is 29.8 Å². The monoisotopic (exact) mass is 382 g/mol. The van der Waals surface area contributed by atoms with Crippen LogP contribution in [0.25, 0.3) is 6.08 Å². The first-order chi connectivity index (χ1) is 13.3. The Bertz CT molecular complexity index is 853. The maximum Gasteiger partial charge on any atom is 0.415 e. The number of benzene rings is 2. The van der Waals surface area contributed by atoms with E-state index in [1.54, 1.807) is 6.08 Å². The smallest absolute Gasteiger partial charge is 0.415 e. The van der Waals surface area contributed by atoms with Gasteiger partial charge in [0, 0.05) is 38.9 Å². The molecule has 2 aromatic carbocycles. The molecule has 1 N–H and O–H groups in total. The van der Waals surface area contributed by atoms with Gasteiger partial charge < -0.3 is 19.6 Å². The Kier molecular flexibility index (Phi) is 7.21. The lowest BCUT2D eigenvalue weighted by atomic mass is 10.1. The predicted molar refractivity (Wildman–Crippen MR) is 111 cm³/mol. The lowest BCUT2D eigenvalue weighted by molar-refractivity contribution is 0.104. The number of anilines is 1. The van der Waals surface area contributed by atoms with Crippen molar-refractivity contribution in [1.29, 1.82) is 0 Å². The van der Waals surface area contributed by atoms with E-state index >= 15 is 0 Å². The number of nitrogens with zero attached hydrogens (tertiary/aromatic N) is 2. The lowest BCUT2D eigenvalue weighted by Gasteiger charge is -2.18. The summed E-state index contributed by atoms with van der Waals surface area (Å²) >= 11 is 0. The maximum absolute atomic E-state index is 12.4. The number of carbonyl (C=O) groups excluding carboxylic acids is 2. The third kappa shape index (κ3) is 5.36. The molecule has 0 heterocycles. The first-order valence-corrected chi connectivity index (χ1v) is 9.15. The summed E-state index contributed by atoms with van der Waals surface area (Å²) in [5.41, 5.74) is 2.09. The summed E-state index contributed by atoms with van der Waals surface area (Å²) < 4.78 is 5.23. The van der Waals surface area contributed by atoms with Gasteiger partial charge in [-0.05, 0) is 49.8 Å². The van der Waals surface area contributed by atoms with E-state index in [1.165, 1.54) is 29.2 Å². The zero-order valence-corrected chi connectivity index (χ0v) is 16.7. The van der Waals surface area contributed by atoms with Crippen LogP contribution in [0.2, 0.25) is 0 Å². The van der Waals surface area contributed by atoms with E-state index < -0.39 is 6.09 Å². The highest BCUT2D eigenvalue weighted by atomic mass is 16.6. The molecule has 148 valence electrons. The Morgan fingerprint density at radius 3 is 2.21 bits per heavy atom. The first kappa shape index (κ1) is 21.0. The standard InChI is InChI=1S/C22H26N2O4/c1-5-24(6-2)22(27)28-18-12-13-19(21(26)15-18)20(25)14-9-16-7-10-17(11-8-16)23(3)4/h7-15,26H,5-6H2,1-4H3/b14-9+. The average molecular weight is 382 g/mol. The summed E-state index contributed by atoms with van der Waals surface area (Å²) in [6, 6.07) is 12.0. The topological polar surface area (TPSA) is 70.1 Å². The number of ketones is 1. The molecule has 0 aliphatic carbocycles. The average Bonchev–Trinajstić information content (AvgIpc) is 2.67. The van der Waals surface area contributed by atoms with Crippen molar-refractivity contribution in [1.82, 2.24) is 4.90 Å². The SMILES string of the molecule is CCN(CC)C(=O)Oc1ccc(C(=O)/C=C/c2ccc(N(C)C)cc2)c(O)c1. The number of amides is 1. The molecule has 0 fully saturated rings. The van der Waals surface area contributed by atoms with Crippen molar-refractivity contribution < 1.29 is 19.4 Å². The minimum atomic E-state index is -0.496. The van der Waals surface area contributed by atoms with E-state index in [0.717, 1.165) is 11.3 Å². The Balaban J connectivity index is 2.08. The Labute approximate surface area is 165 Å². The van der Waals surface area contributed by atoms with Crippen LogP contribution in [-0.4, -0.2) is 49.1 Å². The highest BCUT2D eigenvalue weighted by Crippen LogP contribution is 2.25. The molecular formula is C22H26N2O4. The summed E-state index contributed by atoms with van der Waals surface area (Å²) in [5, 5.41) is 10.2. The molecule has 0 unspecified atom stereocenters. The summed E-state index contributed by atoms with van der Waals surface area (Å²) in [7, 11) is 3.92. The maximum atomic E-state index is 12.4. The van der Waals surface area contributed by atoms with Gasteiger partial charge in [-0.15, -0.1) is 0 Å². The van der Waals surface area contributed by atoms with E-state index in [9.17, 15) is 14.7 Å². The fourth-order valence-corrected chi connectivity index (χ4v) is 2.58. The van der Waals surface area contributed by atoms with Crippen molar-refractivity contribution >= 4 is 23.6 Å². The third-order valence-electron chi connectivity index (χ3n) is 4.30. The van der Waals surface area contributed by atoms with Gasteiger partial charge in [0.25, 0.3) is 0 Å². The largest absolute Gasteiger partial charge is 0.507 e. The number of rotatable bonds is 7. The first-order valence-electron chi connectivity index (χ1n) is 9.15. The molecule has 2 aromatic rings. The van der Waals surface area contributed by atoms with Crippen LogP contribution in [0.3, 0.4) is 0 Å². The molecule has 0 saturated heterocycles. The van der Waals surface area contributed by atoms with Crippen molar-refractivity contribution in [3.05, 3.63) is 59.7 Å². The second kappa shape index (κ2) is 9.60. The van der Waals surface area contributed by atoms with Crippen LogP contribution in [0.15, 0.2) is 48.5 Å². The van der Waals surface area contributed by atoms with Crippen LogP contribution >= 0.6 is 0 Å². The number of allylic oxidation sites excluding steroid dienone is 1. The summed E-state index contributed by atoms with van der Waals surface area (Å²) in [4.78, 5) is 27.9. The molecule has 0 bridgehead atoms.